The van der Waals surface area contributed by atoms with Crippen LogP contribution in [-0.2, 0) is 4.79 Å². The molecule has 3 atom stereocenters. The summed E-state index contributed by atoms with van der Waals surface area (Å²) in [6, 6.07) is 4.78. The molecule has 1 saturated heterocycles. The standard InChI is InChI=1S/C18H26FN3O2/c1-11(2)16(18(24)21-15-8-9-20-10-12(15)3)22-17(23)13-4-6-14(19)7-5-13/h4-7,11-12,15-16,20H,8-10H2,1-3H3,(H,21,24)(H,22,23). The molecule has 0 aromatic heterocycles. The molecule has 2 rings (SSSR count). The van der Waals surface area contributed by atoms with Crippen molar-refractivity contribution in [3.05, 3.63) is 35.6 Å². The highest BCUT2D eigenvalue weighted by molar-refractivity contribution is 5.97. The molecule has 1 heterocycles. The second-order valence-electron chi connectivity index (χ2n) is 6.79. The molecule has 0 radical (unpaired) electrons. The molecule has 1 fully saturated rings. The van der Waals surface area contributed by atoms with Crippen LogP contribution in [0.1, 0.15) is 37.6 Å². The van der Waals surface area contributed by atoms with Crippen molar-refractivity contribution >= 4 is 11.8 Å². The number of carbonyl (C=O) groups excluding carboxylic acids is 2. The number of piperidine rings is 1. The topological polar surface area (TPSA) is 70.2 Å². The van der Waals surface area contributed by atoms with E-state index in [9.17, 15) is 14.0 Å². The van der Waals surface area contributed by atoms with Gasteiger partial charge in [-0.25, -0.2) is 4.39 Å². The molecule has 3 N–H and O–H groups in total. The number of hydrogen-bond acceptors (Lipinski definition) is 3. The number of carbonyl (C=O) groups is 2. The van der Waals surface area contributed by atoms with E-state index >= 15 is 0 Å². The molecule has 5 nitrogen and oxygen atoms in total. The van der Waals surface area contributed by atoms with Crippen molar-refractivity contribution in [1.82, 2.24) is 16.0 Å². The summed E-state index contributed by atoms with van der Waals surface area (Å²) in [5.74, 6) is -0.638. The van der Waals surface area contributed by atoms with Gasteiger partial charge >= 0.3 is 0 Å². The first kappa shape index (κ1) is 18.4. The third-order valence-corrected chi connectivity index (χ3v) is 4.46. The minimum atomic E-state index is -0.621. The van der Waals surface area contributed by atoms with Crippen LogP contribution in [0, 0.1) is 17.7 Å². The lowest BCUT2D eigenvalue weighted by Crippen LogP contribution is -2.55. The van der Waals surface area contributed by atoms with E-state index in [-0.39, 0.29) is 23.8 Å². The second kappa shape index (κ2) is 8.24. The average Bonchev–Trinajstić information content (AvgIpc) is 2.54. The Hall–Kier alpha value is -1.95. The number of amides is 2. The van der Waals surface area contributed by atoms with Gasteiger partial charge in [0.15, 0.2) is 0 Å². The zero-order chi connectivity index (χ0) is 17.7. The Balaban J connectivity index is 2.01. The van der Waals surface area contributed by atoms with Crippen molar-refractivity contribution < 1.29 is 14.0 Å². The lowest BCUT2D eigenvalue weighted by Gasteiger charge is -2.32. The summed E-state index contributed by atoms with van der Waals surface area (Å²) in [5, 5.41) is 9.13. The van der Waals surface area contributed by atoms with E-state index in [0.717, 1.165) is 19.5 Å². The lowest BCUT2D eigenvalue weighted by atomic mass is 9.94. The number of halogens is 1. The van der Waals surface area contributed by atoms with Crippen LogP contribution in [0.25, 0.3) is 0 Å². The third-order valence-electron chi connectivity index (χ3n) is 4.46. The Kier molecular flexibility index (Phi) is 6.31. The van der Waals surface area contributed by atoms with Gasteiger partial charge in [-0.3, -0.25) is 9.59 Å². The van der Waals surface area contributed by atoms with Gasteiger partial charge in [-0.2, -0.15) is 0 Å². The number of nitrogens with one attached hydrogen (secondary N) is 3. The van der Waals surface area contributed by atoms with Gasteiger partial charge < -0.3 is 16.0 Å². The van der Waals surface area contributed by atoms with Crippen LogP contribution in [0.15, 0.2) is 24.3 Å². The van der Waals surface area contributed by atoms with Crippen LogP contribution in [0.2, 0.25) is 0 Å². The van der Waals surface area contributed by atoms with Crippen LogP contribution >= 0.6 is 0 Å². The molecule has 3 unspecified atom stereocenters. The molecule has 0 spiro atoms. The van der Waals surface area contributed by atoms with Gasteiger partial charge in [0.1, 0.15) is 11.9 Å². The van der Waals surface area contributed by atoms with Crippen molar-refractivity contribution in [2.75, 3.05) is 13.1 Å². The van der Waals surface area contributed by atoms with E-state index < -0.39 is 11.9 Å². The number of benzene rings is 1. The summed E-state index contributed by atoms with van der Waals surface area (Å²) in [4.78, 5) is 24.9. The molecule has 1 aliphatic heterocycles. The lowest BCUT2D eigenvalue weighted by molar-refractivity contribution is -0.125. The Labute approximate surface area is 142 Å². The summed E-state index contributed by atoms with van der Waals surface area (Å²) in [6.07, 6.45) is 0.879. The molecule has 1 aliphatic rings. The van der Waals surface area contributed by atoms with Crippen molar-refractivity contribution in [1.29, 1.82) is 0 Å². The van der Waals surface area contributed by atoms with E-state index in [2.05, 4.69) is 22.9 Å². The molecular formula is C18H26FN3O2. The molecule has 6 heteroatoms. The fourth-order valence-corrected chi connectivity index (χ4v) is 2.86. The summed E-state index contributed by atoms with van der Waals surface area (Å²) in [7, 11) is 0. The molecule has 2 amide bonds. The predicted molar refractivity (Wildman–Crippen MR) is 91.1 cm³/mol. The Morgan fingerprint density at radius 3 is 2.50 bits per heavy atom. The smallest absolute Gasteiger partial charge is 0.251 e. The number of rotatable bonds is 5. The van der Waals surface area contributed by atoms with E-state index in [1.54, 1.807) is 0 Å². The van der Waals surface area contributed by atoms with Gasteiger partial charge in [0.2, 0.25) is 5.91 Å². The average molecular weight is 335 g/mol. The highest BCUT2D eigenvalue weighted by atomic mass is 19.1. The summed E-state index contributed by atoms with van der Waals surface area (Å²) in [6.45, 7) is 7.63. The van der Waals surface area contributed by atoms with Crippen molar-refractivity contribution in [2.24, 2.45) is 11.8 Å². The van der Waals surface area contributed by atoms with Crippen molar-refractivity contribution in [3.63, 3.8) is 0 Å². The van der Waals surface area contributed by atoms with Crippen LogP contribution in [-0.4, -0.2) is 37.0 Å². The maximum atomic E-state index is 13.0. The Morgan fingerprint density at radius 1 is 1.25 bits per heavy atom. The largest absolute Gasteiger partial charge is 0.351 e. The molecule has 132 valence electrons. The number of hydrogen-bond donors (Lipinski definition) is 3. The monoisotopic (exact) mass is 335 g/mol. The highest BCUT2D eigenvalue weighted by Gasteiger charge is 2.29. The van der Waals surface area contributed by atoms with Gasteiger partial charge in [-0.05, 0) is 55.6 Å². The van der Waals surface area contributed by atoms with Gasteiger partial charge in [0.05, 0.1) is 0 Å². The fraction of sp³-hybridized carbons (Fsp3) is 0.556. The van der Waals surface area contributed by atoms with Gasteiger partial charge in [-0.15, -0.1) is 0 Å². The molecular weight excluding hydrogens is 309 g/mol. The Bertz CT molecular complexity index is 574. The molecule has 0 aliphatic carbocycles. The van der Waals surface area contributed by atoms with E-state index in [0.29, 0.717) is 11.5 Å². The third kappa shape index (κ3) is 4.77. The highest BCUT2D eigenvalue weighted by Crippen LogP contribution is 2.12. The SMILES string of the molecule is CC(C)C(NC(=O)c1ccc(F)cc1)C(=O)NC1CCNCC1C. The molecule has 0 saturated carbocycles. The maximum Gasteiger partial charge on any atom is 0.251 e. The quantitative estimate of drug-likeness (QED) is 0.767. The normalized spacial score (nSPS) is 22.0. The first-order valence-corrected chi connectivity index (χ1v) is 8.46. The Morgan fingerprint density at radius 2 is 1.92 bits per heavy atom. The fourth-order valence-electron chi connectivity index (χ4n) is 2.86. The van der Waals surface area contributed by atoms with Gasteiger partial charge in [-0.1, -0.05) is 20.8 Å². The summed E-state index contributed by atoms with van der Waals surface area (Å²) in [5.41, 5.74) is 0.338. The van der Waals surface area contributed by atoms with Crippen LogP contribution in [0.3, 0.4) is 0 Å². The minimum absolute atomic E-state index is 0.0496. The molecule has 0 bridgehead atoms. The minimum Gasteiger partial charge on any atom is -0.351 e. The first-order chi connectivity index (χ1) is 11.4. The van der Waals surface area contributed by atoms with Crippen molar-refractivity contribution in [2.45, 2.75) is 39.3 Å². The molecule has 1 aromatic carbocycles. The summed E-state index contributed by atoms with van der Waals surface area (Å²) >= 11 is 0. The first-order valence-electron chi connectivity index (χ1n) is 8.46. The summed E-state index contributed by atoms with van der Waals surface area (Å²) < 4.78 is 13.0. The van der Waals surface area contributed by atoms with Gasteiger partial charge in [0, 0.05) is 11.6 Å². The zero-order valence-corrected chi connectivity index (χ0v) is 14.4. The maximum absolute atomic E-state index is 13.0. The van der Waals surface area contributed by atoms with Crippen LogP contribution in [0.5, 0.6) is 0 Å². The van der Waals surface area contributed by atoms with Crippen LogP contribution in [0.4, 0.5) is 4.39 Å². The molecule has 1 aromatic rings. The van der Waals surface area contributed by atoms with Crippen LogP contribution < -0.4 is 16.0 Å². The van der Waals surface area contributed by atoms with E-state index in [1.807, 2.05) is 13.8 Å². The molecule has 24 heavy (non-hydrogen) atoms. The van der Waals surface area contributed by atoms with E-state index in [4.69, 9.17) is 0 Å². The van der Waals surface area contributed by atoms with E-state index in [1.165, 1.54) is 24.3 Å². The zero-order valence-electron chi connectivity index (χ0n) is 14.4. The van der Waals surface area contributed by atoms with Gasteiger partial charge in [0.25, 0.3) is 5.91 Å². The van der Waals surface area contributed by atoms with Crippen molar-refractivity contribution in [3.8, 4) is 0 Å². The second-order valence-corrected chi connectivity index (χ2v) is 6.79. The predicted octanol–water partition coefficient (Wildman–Crippen LogP) is 1.69.